The van der Waals surface area contributed by atoms with Crippen LogP contribution in [0.2, 0.25) is 0 Å². The SMILES string of the molecule is O=C(O)CN(CCN(CCN(CC(=O)O)[C@@H](Cc1c[nH]c2ccccc12)C(=O)O)CP(=O)(O)O)[C@@H](Cc1c[nH]c2ccccc12)C(=O)O. The summed E-state index contributed by atoms with van der Waals surface area (Å²) < 4.78 is 12.1. The summed E-state index contributed by atoms with van der Waals surface area (Å²) in [7, 11) is -4.71. The number of hydrogen-bond donors (Lipinski definition) is 8. The Hall–Kier alpha value is -4.57. The Kier molecular flexibility index (Phi) is 12.1. The molecule has 4 rings (SSSR count). The molecular formula is C31H38N5O11P. The number of carbonyl (C=O) groups is 4. The second-order valence-corrected chi connectivity index (χ2v) is 13.1. The third-order valence-electron chi connectivity index (χ3n) is 8.10. The van der Waals surface area contributed by atoms with E-state index in [1.807, 2.05) is 24.3 Å². The number of para-hydroxylation sites is 2. The van der Waals surface area contributed by atoms with Gasteiger partial charge in [0, 0.05) is 73.2 Å². The minimum absolute atomic E-state index is 0.0639. The molecule has 2 aromatic heterocycles. The van der Waals surface area contributed by atoms with Gasteiger partial charge in [0.2, 0.25) is 0 Å². The number of nitrogens with one attached hydrogen (secondary N) is 2. The first-order valence-electron chi connectivity index (χ1n) is 15.0. The van der Waals surface area contributed by atoms with Gasteiger partial charge < -0.3 is 40.2 Å². The highest BCUT2D eigenvalue weighted by Gasteiger charge is 2.32. The molecule has 16 nitrogen and oxygen atoms in total. The summed E-state index contributed by atoms with van der Waals surface area (Å²) in [6, 6.07) is 11.8. The molecule has 2 aromatic carbocycles. The number of rotatable bonds is 20. The average Bonchev–Trinajstić information content (AvgIpc) is 3.61. The summed E-state index contributed by atoms with van der Waals surface area (Å²) in [6.45, 7) is -2.25. The molecular weight excluding hydrogens is 649 g/mol. The number of fused-ring (bicyclic) bond motifs is 2. The number of aliphatic carboxylic acids is 4. The minimum Gasteiger partial charge on any atom is -0.480 e. The smallest absolute Gasteiger partial charge is 0.339 e. The van der Waals surface area contributed by atoms with Crippen LogP contribution in [-0.4, -0.2) is 136 Å². The number of aromatic nitrogens is 2. The molecule has 0 aliphatic rings. The van der Waals surface area contributed by atoms with E-state index >= 15 is 0 Å². The fourth-order valence-corrected chi connectivity index (χ4v) is 6.66. The van der Waals surface area contributed by atoms with Crippen molar-refractivity contribution in [3.63, 3.8) is 0 Å². The molecule has 0 amide bonds. The summed E-state index contributed by atoms with van der Waals surface area (Å²) in [5.74, 6) is -5.21. The lowest BCUT2D eigenvalue weighted by Crippen LogP contribution is -2.51. The third kappa shape index (κ3) is 9.97. The lowest BCUT2D eigenvalue weighted by atomic mass is 10.0. The molecule has 2 atom stereocenters. The van der Waals surface area contributed by atoms with Crippen molar-refractivity contribution < 1.29 is 54.0 Å². The standard InChI is InChI=1S/C31H38N5O11P/c37-28(38)17-35(26(30(41)42)13-20-15-32-24-7-3-1-5-22(20)24)11-9-34(19-48(45,46)47)10-12-36(18-29(39)40)27(31(43)44)14-21-16-33-25-8-4-2-6-23(21)25/h1-8,15-16,26-27,32-33H,9-14,17-19H2,(H,37,38)(H,39,40)(H,41,42)(H,43,44)(H2,45,46,47)/t26-,27-/m0/s1. The van der Waals surface area contributed by atoms with Crippen molar-refractivity contribution in [1.82, 2.24) is 24.7 Å². The van der Waals surface area contributed by atoms with Crippen LogP contribution in [0.1, 0.15) is 11.1 Å². The van der Waals surface area contributed by atoms with E-state index in [1.54, 1.807) is 36.7 Å². The molecule has 0 bridgehead atoms. The molecule has 0 aliphatic heterocycles. The van der Waals surface area contributed by atoms with Crippen molar-refractivity contribution in [2.75, 3.05) is 45.6 Å². The van der Waals surface area contributed by atoms with Crippen molar-refractivity contribution in [1.29, 1.82) is 0 Å². The van der Waals surface area contributed by atoms with Crippen molar-refractivity contribution in [2.45, 2.75) is 24.9 Å². The molecule has 4 aromatic rings. The highest BCUT2D eigenvalue weighted by Crippen LogP contribution is 2.35. The third-order valence-corrected chi connectivity index (χ3v) is 8.86. The van der Waals surface area contributed by atoms with E-state index in [4.69, 9.17) is 0 Å². The first kappa shape index (κ1) is 36.3. The van der Waals surface area contributed by atoms with Gasteiger partial charge in [-0.1, -0.05) is 36.4 Å². The molecule has 0 radical (unpaired) electrons. The molecule has 0 saturated heterocycles. The predicted octanol–water partition coefficient (Wildman–Crippen LogP) is 1.55. The summed E-state index contributed by atoms with van der Waals surface area (Å²) in [5, 5.41) is 41.0. The zero-order chi connectivity index (χ0) is 35.0. The first-order valence-corrected chi connectivity index (χ1v) is 16.8. The van der Waals surface area contributed by atoms with Gasteiger partial charge in [0.1, 0.15) is 18.4 Å². The highest BCUT2D eigenvalue weighted by atomic mass is 31.2. The largest absolute Gasteiger partial charge is 0.480 e. The second-order valence-electron chi connectivity index (χ2n) is 11.5. The van der Waals surface area contributed by atoms with E-state index in [2.05, 4.69) is 9.97 Å². The molecule has 0 spiro atoms. The van der Waals surface area contributed by atoms with Crippen LogP contribution in [0, 0.1) is 0 Å². The zero-order valence-corrected chi connectivity index (χ0v) is 26.7. The van der Waals surface area contributed by atoms with E-state index in [0.717, 1.165) is 21.8 Å². The normalized spacial score (nSPS) is 13.4. The van der Waals surface area contributed by atoms with E-state index in [9.17, 15) is 54.0 Å². The summed E-state index contributed by atoms with van der Waals surface area (Å²) in [6.07, 6.45) is 2.35. The Balaban J connectivity index is 1.54. The first-order chi connectivity index (χ1) is 22.7. The average molecular weight is 688 g/mol. The van der Waals surface area contributed by atoms with Gasteiger partial charge >= 0.3 is 31.5 Å². The number of aromatic amines is 2. The van der Waals surface area contributed by atoms with Crippen LogP contribution in [0.5, 0.6) is 0 Å². The maximum atomic E-state index is 12.4. The van der Waals surface area contributed by atoms with Crippen LogP contribution in [0.25, 0.3) is 21.8 Å². The Labute approximate surface area is 274 Å². The van der Waals surface area contributed by atoms with Gasteiger partial charge in [-0.15, -0.1) is 0 Å². The molecule has 0 unspecified atom stereocenters. The summed E-state index contributed by atoms with van der Waals surface area (Å²) in [4.78, 5) is 77.8. The number of nitrogens with zero attached hydrogens (tertiary/aromatic N) is 3. The van der Waals surface area contributed by atoms with Crippen molar-refractivity contribution in [2.24, 2.45) is 0 Å². The number of carboxylic acids is 4. The lowest BCUT2D eigenvalue weighted by Gasteiger charge is -2.33. The number of carboxylic acid groups (broad SMARTS) is 4. The summed E-state index contributed by atoms with van der Waals surface area (Å²) >= 11 is 0. The van der Waals surface area contributed by atoms with Crippen LogP contribution < -0.4 is 0 Å². The molecule has 2 heterocycles. The van der Waals surface area contributed by atoms with Crippen molar-refractivity contribution >= 4 is 53.3 Å². The van der Waals surface area contributed by atoms with E-state index in [1.165, 1.54) is 14.7 Å². The van der Waals surface area contributed by atoms with Crippen LogP contribution in [0.15, 0.2) is 60.9 Å². The predicted molar refractivity (Wildman–Crippen MR) is 174 cm³/mol. The Morgan fingerprint density at radius 1 is 0.646 bits per heavy atom. The van der Waals surface area contributed by atoms with Gasteiger partial charge in [-0.25, -0.2) is 0 Å². The maximum Gasteiger partial charge on any atom is 0.339 e. The van der Waals surface area contributed by atoms with E-state index in [0.29, 0.717) is 11.1 Å². The molecule has 48 heavy (non-hydrogen) atoms. The van der Waals surface area contributed by atoms with Crippen molar-refractivity contribution in [3.05, 3.63) is 72.1 Å². The molecule has 0 aliphatic carbocycles. The quantitative estimate of drug-likeness (QED) is 0.0615. The fourth-order valence-electron chi connectivity index (χ4n) is 5.85. The molecule has 17 heteroatoms. The maximum absolute atomic E-state index is 12.4. The van der Waals surface area contributed by atoms with Crippen LogP contribution in [0.4, 0.5) is 0 Å². The van der Waals surface area contributed by atoms with Gasteiger partial charge in [-0.05, 0) is 23.3 Å². The van der Waals surface area contributed by atoms with Gasteiger partial charge in [0.15, 0.2) is 0 Å². The van der Waals surface area contributed by atoms with Crippen LogP contribution >= 0.6 is 7.60 Å². The van der Waals surface area contributed by atoms with E-state index < -0.39 is 62.9 Å². The van der Waals surface area contributed by atoms with Crippen LogP contribution in [0.3, 0.4) is 0 Å². The fraction of sp³-hybridized carbons (Fsp3) is 0.355. The summed E-state index contributed by atoms with van der Waals surface area (Å²) in [5.41, 5.74) is 2.81. The van der Waals surface area contributed by atoms with Gasteiger partial charge in [-0.2, -0.15) is 0 Å². The highest BCUT2D eigenvalue weighted by molar-refractivity contribution is 7.51. The molecule has 258 valence electrons. The van der Waals surface area contributed by atoms with Gasteiger partial charge in [0.05, 0.1) is 13.1 Å². The monoisotopic (exact) mass is 687 g/mol. The molecule has 0 saturated carbocycles. The number of hydrogen-bond acceptors (Lipinski definition) is 8. The van der Waals surface area contributed by atoms with Gasteiger partial charge in [-0.3, -0.25) is 38.4 Å². The second kappa shape index (κ2) is 16.0. The number of H-pyrrole nitrogens is 2. The number of benzene rings is 2. The molecule has 8 N–H and O–H groups in total. The lowest BCUT2D eigenvalue weighted by molar-refractivity contribution is -0.147. The van der Waals surface area contributed by atoms with E-state index in [-0.39, 0.29) is 39.0 Å². The van der Waals surface area contributed by atoms with Crippen molar-refractivity contribution in [3.8, 4) is 0 Å². The zero-order valence-electron chi connectivity index (χ0n) is 25.8. The Morgan fingerprint density at radius 2 is 1.04 bits per heavy atom. The minimum atomic E-state index is -4.71. The van der Waals surface area contributed by atoms with Gasteiger partial charge in [0.25, 0.3) is 0 Å². The Bertz CT molecular complexity index is 1680. The molecule has 0 fully saturated rings. The van der Waals surface area contributed by atoms with Crippen LogP contribution in [-0.2, 0) is 36.6 Å². The Morgan fingerprint density at radius 3 is 1.40 bits per heavy atom. The topological polar surface area (TPSA) is 248 Å².